The van der Waals surface area contributed by atoms with E-state index in [2.05, 4.69) is 20.5 Å². The first kappa shape index (κ1) is 18.6. The summed E-state index contributed by atoms with van der Waals surface area (Å²) in [6.45, 7) is 0. The number of rotatable bonds is 4. The molecule has 1 atom stereocenters. The van der Waals surface area contributed by atoms with Gasteiger partial charge in [0, 0.05) is 12.5 Å². The Balaban J connectivity index is 1.57. The van der Waals surface area contributed by atoms with E-state index in [4.69, 9.17) is 5.73 Å². The Morgan fingerprint density at radius 3 is 2.72 bits per heavy atom. The van der Waals surface area contributed by atoms with Gasteiger partial charge in [-0.25, -0.2) is 0 Å². The molecule has 12 heteroatoms. The van der Waals surface area contributed by atoms with Gasteiger partial charge in [0.2, 0.25) is 11.8 Å². The third kappa shape index (κ3) is 3.18. The fraction of sp³-hybridized carbons (Fsp3) is 0.176. The quantitative estimate of drug-likeness (QED) is 0.397. The largest absolute Gasteiger partial charge is 0.389 e. The number of hydrogen-bond acceptors (Lipinski definition) is 9. The average Bonchev–Trinajstić information content (AvgIpc) is 3.23. The van der Waals surface area contributed by atoms with E-state index in [-0.39, 0.29) is 35.3 Å². The minimum atomic E-state index is -1.07. The molecule has 0 aliphatic carbocycles. The van der Waals surface area contributed by atoms with Crippen molar-refractivity contribution in [1.29, 1.82) is 0 Å². The normalized spacial score (nSPS) is 18.5. The summed E-state index contributed by atoms with van der Waals surface area (Å²) in [5, 5.41) is 2.51. The third-order valence-electron chi connectivity index (χ3n) is 4.54. The Morgan fingerprint density at radius 2 is 2.03 bits per heavy atom. The van der Waals surface area contributed by atoms with Gasteiger partial charge < -0.3 is 5.73 Å². The topological polar surface area (TPSA) is 164 Å². The van der Waals surface area contributed by atoms with Crippen LogP contribution >= 0.6 is 11.5 Å². The highest BCUT2D eigenvalue weighted by molar-refractivity contribution is 7.10. The molecule has 0 bridgehead atoms. The van der Waals surface area contributed by atoms with E-state index in [1.807, 2.05) is 0 Å². The molecule has 3 heterocycles. The van der Waals surface area contributed by atoms with Gasteiger partial charge in [0.25, 0.3) is 17.7 Å². The predicted octanol–water partition coefficient (Wildman–Crippen LogP) is -0.117. The summed E-state index contributed by atoms with van der Waals surface area (Å²) < 4.78 is 3.88. The highest BCUT2D eigenvalue weighted by atomic mass is 32.1. The second-order valence-electron chi connectivity index (χ2n) is 6.37. The molecule has 148 valence electrons. The van der Waals surface area contributed by atoms with Crippen molar-refractivity contribution in [2.45, 2.75) is 18.9 Å². The molecule has 0 saturated carbocycles. The number of nitrogens with one attached hydrogen (secondary N) is 3. The van der Waals surface area contributed by atoms with Gasteiger partial charge in [-0.2, -0.15) is 4.37 Å². The SMILES string of the molecule is Nc1cc(C(=O)NNc2cccc3c2C(=O)N(C2CCC(=O)NC2=O)C3=O)ns1. The summed E-state index contributed by atoms with van der Waals surface area (Å²) >= 11 is 0.964. The zero-order valence-electron chi connectivity index (χ0n) is 14.7. The Morgan fingerprint density at radius 1 is 1.24 bits per heavy atom. The number of piperidine rings is 1. The fourth-order valence-electron chi connectivity index (χ4n) is 3.20. The number of hydrazine groups is 1. The van der Waals surface area contributed by atoms with Crippen molar-refractivity contribution in [1.82, 2.24) is 20.0 Å². The van der Waals surface area contributed by atoms with Crippen LogP contribution in [-0.4, -0.2) is 44.9 Å². The first-order chi connectivity index (χ1) is 13.9. The summed E-state index contributed by atoms with van der Waals surface area (Å²) in [6.07, 6.45) is 0.0859. The Kier molecular flexibility index (Phi) is 4.47. The molecule has 1 aromatic heterocycles. The second kappa shape index (κ2) is 6.98. The minimum absolute atomic E-state index is 0.0280. The van der Waals surface area contributed by atoms with Crippen molar-refractivity contribution >= 4 is 51.8 Å². The number of anilines is 2. The molecule has 5 amide bonds. The summed E-state index contributed by atoms with van der Waals surface area (Å²) in [4.78, 5) is 62.1. The maximum atomic E-state index is 12.9. The number of nitrogens with zero attached hydrogens (tertiary/aromatic N) is 2. The van der Waals surface area contributed by atoms with Crippen molar-refractivity contribution in [3.8, 4) is 0 Å². The Labute approximate surface area is 167 Å². The summed E-state index contributed by atoms with van der Waals surface area (Å²) in [7, 11) is 0. The number of nitrogen functional groups attached to an aromatic ring is 1. The minimum Gasteiger partial charge on any atom is -0.389 e. The number of carbonyl (C=O) groups excluding carboxylic acids is 5. The van der Waals surface area contributed by atoms with Crippen LogP contribution < -0.4 is 21.9 Å². The van der Waals surface area contributed by atoms with Crippen molar-refractivity contribution < 1.29 is 24.0 Å². The van der Waals surface area contributed by atoms with Crippen molar-refractivity contribution in [2.75, 3.05) is 11.2 Å². The van der Waals surface area contributed by atoms with Crippen LogP contribution in [-0.2, 0) is 9.59 Å². The maximum absolute atomic E-state index is 12.9. The van der Waals surface area contributed by atoms with Crippen LogP contribution in [0.4, 0.5) is 10.7 Å². The standard InChI is InChI=1S/C17H14N6O5S/c18-11-6-9(22-29-11)14(25)21-20-8-3-1-2-7-13(8)17(28)23(16(7)27)10-4-5-12(24)19-15(10)26/h1-3,6,10,20H,4-5,18H2,(H,21,25)(H,19,24,26). The zero-order valence-corrected chi connectivity index (χ0v) is 15.5. The van der Waals surface area contributed by atoms with Crippen molar-refractivity contribution in [2.24, 2.45) is 0 Å². The van der Waals surface area contributed by atoms with Crippen LogP contribution in [0.2, 0.25) is 0 Å². The molecular formula is C17H14N6O5S. The van der Waals surface area contributed by atoms with Gasteiger partial charge in [0.05, 0.1) is 16.8 Å². The fourth-order valence-corrected chi connectivity index (χ4v) is 3.71. The first-order valence-electron chi connectivity index (χ1n) is 8.50. The highest BCUT2D eigenvalue weighted by Gasteiger charge is 2.45. The number of fused-ring (bicyclic) bond motifs is 1. The van der Waals surface area contributed by atoms with Crippen LogP contribution in [0, 0.1) is 0 Å². The lowest BCUT2D eigenvalue weighted by molar-refractivity contribution is -0.136. The van der Waals surface area contributed by atoms with E-state index in [1.54, 1.807) is 0 Å². The molecule has 2 aromatic rings. The molecule has 1 fully saturated rings. The number of benzene rings is 1. The van der Waals surface area contributed by atoms with Crippen LogP contribution in [0.15, 0.2) is 24.3 Å². The molecule has 4 rings (SSSR count). The molecule has 1 saturated heterocycles. The molecule has 2 aliphatic heterocycles. The number of nitrogens with two attached hydrogens (primary N) is 1. The van der Waals surface area contributed by atoms with Crippen LogP contribution in [0.25, 0.3) is 0 Å². The lowest BCUT2D eigenvalue weighted by atomic mass is 10.0. The van der Waals surface area contributed by atoms with Crippen LogP contribution in [0.5, 0.6) is 0 Å². The van der Waals surface area contributed by atoms with Gasteiger partial charge in [-0.3, -0.25) is 45.0 Å². The van der Waals surface area contributed by atoms with Gasteiger partial charge in [0.1, 0.15) is 16.7 Å². The smallest absolute Gasteiger partial charge is 0.289 e. The van der Waals surface area contributed by atoms with E-state index in [9.17, 15) is 24.0 Å². The predicted molar refractivity (Wildman–Crippen MR) is 101 cm³/mol. The summed E-state index contributed by atoms with van der Waals surface area (Å²) in [5.41, 5.74) is 11.0. The van der Waals surface area contributed by atoms with Gasteiger partial charge >= 0.3 is 0 Å². The number of hydrogen-bond donors (Lipinski definition) is 4. The monoisotopic (exact) mass is 414 g/mol. The summed E-state index contributed by atoms with van der Waals surface area (Å²) in [5.74, 6) is -3.04. The van der Waals surface area contributed by atoms with Gasteiger partial charge in [-0.15, -0.1) is 0 Å². The second-order valence-corrected chi connectivity index (χ2v) is 7.21. The zero-order chi connectivity index (χ0) is 20.7. The van der Waals surface area contributed by atoms with Gasteiger partial charge in [-0.1, -0.05) is 6.07 Å². The van der Waals surface area contributed by atoms with Crippen LogP contribution in [0.1, 0.15) is 44.0 Å². The average molecular weight is 414 g/mol. The number of amides is 5. The third-order valence-corrected chi connectivity index (χ3v) is 5.16. The van der Waals surface area contributed by atoms with E-state index in [1.165, 1.54) is 24.3 Å². The van der Waals surface area contributed by atoms with Crippen LogP contribution in [0.3, 0.4) is 0 Å². The molecule has 0 radical (unpaired) electrons. The lowest BCUT2D eigenvalue weighted by Gasteiger charge is -2.27. The highest BCUT2D eigenvalue weighted by Crippen LogP contribution is 2.32. The molecule has 29 heavy (non-hydrogen) atoms. The van der Waals surface area contributed by atoms with E-state index in [0.717, 1.165) is 16.4 Å². The molecule has 1 unspecified atom stereocenters. The lowest BCUT2D eigenvalue weighted by Crippen LogP contribution is -2.54. The van der Waals surface area contributed by atoms with Crippen molar-refractivity contribution in [3.05, 3.63) is 41.1 Å². The molecular weight excluding hydrogens is 400 g/mol. The van der Waals surface area contributed by atoms with Gasteiger partial charge in [0.15, 0.2) is 0 Å². The maximum Gasteiger partial charge on any atom is 0.289 e. The molecule has 2 aliphatic rings. The number of imide groups is 2. The molecule has 1 aromatic carbocycles. The van der Waals surface area contributed by atoms with Crippen molar-refractivity contribution in [3.63, 3.8) is 0 Å². The summed E-state index contributed by atoms with van der Waals surface area (Å²) in [6, 6.07) is 4.83. The van der Waals surface area contributed by atoms with E-state index < -0.39 is 35.6 Å². The Bertz CT molecular complexity index is 1080. The van der Waals surface area contributed by atoms with E-state index >= 15 is 0 Å². The number of carbonyl (C=O) groups is 5. The number of aromatic nitrogens is 1. The first-order valence-corrected chi connectivity index (χ1v) is 9.27. The van der Waals surface area contributed by atoms with Gasteiger partial charge in [-0.05, 0) is 30.1 Å². The molecule has 0 spiro atoms. The van der Waals surface area contributed by atoms with E-state index in [0.29, 0.717) is 5.00 Å². The Hall–Kier alpha value is -3.80. The molecule has 5 N–H and O–H groups in total. The molecule has 11 nitrogen and oxygen atoms in total.